The molecule has 0 aliphatic carbocycles. The lowest BCUT2D eigenvalue weighted by atomic mass is 10.1. The number of hydrogen-bond donors (Lipinski definition) is 1. The molecule has 1 N–H and O–H groups in total. The second kappa shape index (κ2) is 11.0. The highest BCUT2D eigenvalue weighted by Gasteiger charge is 2.29. The van der Waals surface area contributed by atoms with Gasteiger partial charge < -0.3 is 24.8 Å². The number of aromatic nitrogens is 2. The average Bonchev–Trinajstić information content (AvgIpc) is 3.36. The number of rotatable bonds is 6. The van der Waals surface area contributed by atoms with Crippen molar-refractivity contribution in [2.24, 2.45) is 0 Å². The standard InChI is InChI=1S/C26H36N6O3/c1-26(2,3)27-25(34)32(18-21-10-7-17-35-21)19-24(33)31-15-13-30(14-16-31)23-12-11-22(28-29-23)20-8-5-4-6-9-20/h4-6,8-9,11-12,21H,7,10,13-19H2,1-3H3,(H,27,34)/t21-/m0/s1. The molecule has 4 rings (SSSR count). The summed E-state index contributed by atoms with van der Waals surface area (Å²) >= 11 is 0. The van der Waals surface area contributed by atoms with E-state index in [4.69, 9.17) is 4.74 Å². The third-order valence-electron chi connectivity index (χ3n) is 6.22. The van der Waals surface area contributed by atoms with Crippen molar-refractivity contribution in [2.45, 2.75) is 45.3 Å². The monoisotopic (exact) mass is 480 g/mol. The summed E-state index contributed by atoms with van der Waals surface area (Å²) in [7, 11) is 0. The van der Waals surface area contributed by atoms with E-state index in [0.717, 1.165) is 29.9 Å². The van der Waals surface area contributed by atoms with Crippen LogP contribution in [-0.4, -0.2) is 89.5 Å². The SMILES string of the molecule is CC(C)(C)NC(=O)N(CC(=O)N1CCN(c2ccc(-c3ccccc3)nn2)CC1)C[C@@H]1CCCO1. The predicted molar refractivity (Wildman–Crippen MR) is 135 cm³/mol. The maximum absolute atomic E-state index is 13.1. The quantitative estimate of drug-likeness (QED) is 0.684. The Labute approximate surface area is 207 Å². The normalized spacial score (nSPS) is 18.4. The summed E-state index contributed by atoms with van der Waals surface area (Å²) in [4.78, 5) is 31.6. The summed E-state index contributed by atoms with van der Waals surface area (Å²) in [6.07, 6.45) is 1.89. The van der Waals surface area contributed by atoms with Crippen LogP contribution in [0.5, 0.6) is 0 Å². The maximum Gasteiger partial charge on any atom is 0.318 e. The molecule has 0 radical (unpaired) electrons. The maximum atomic E-state index is 13.1. The van der Waals surface area contributed by atoms with E-state index < -0.39 is 0 Å². The Balaban J connectivity index is 1.32. The minimum atomic E-state index is -0.377. The molecule has 0 unspecified atom stereocenters. The number of piperazine rings is 1. The summed E-state index contributed by atoms with van der Waals surface area (Å²) in [5.74, 6) is 0.763. The molecule has 0 saturated carbocycles. The Morgan fingerprint density at radius 2 is 1.80 bits per heavy atom. The predicted octanol–water partition coefficient (Wildman–Crippen LogP) is 2.78. The molecule has 1 aromatic heterocycles. The summed E-state index contributed by atoms with van der Waals surface area (Å²) in [6.45, 7) is 9.50. The van der Waals surface area contributed by atoms with Gasteiger partial charge in [-0.1, -0.05) is 30.3 Å². The van der Waals surface area contributed by atoms with Crippen molar-refractivity contribution >= 4 is 17.8 Å². The Hall–Kier alpha value is -3.20. The molecule has 2 aromatic rings. The van der Waals surface area contributed by atoms with E-state index in [9.17, 15) is 9.59 Å². The molecule has 0 spiro atoms. The largest absolute Gasteiger partial charge is 0.376 e. The molecule has 9 nitrogen and oxygen atoms in total. The van der Waals surface area contributed by atoms with E-state index in [1.54, 1.807) is 4.90 Å². The van der Waals surface area contributed by atoms with E-state index >= 15 is 0 Å². The number of nitrogens with one attached hydrogen (secondary N) is 1. The molecule has 1 atom stereocenters. The summed E-state index contributed by atoms with van der Waals surface area (Å²) in [5.41, 5.74) is 1.49. The number of amides is 3. The molecule has 9 heteroatoms. The van der Waals surface area contributed by atoms with E-state index in [1.165, 1.54) is 0 Å². The van der Waals surface area contributed by atoms with Gasteiger partial charge in [-0.3, -0.25) is 4.79 Å². The van der Waals surface area contributed by atoms with Crippen molar-refractivity contribution in [1.29, 1.82) is 0 Å². The molecule has 2 aliphatic rings. The third kappa shape index (κ3) is 6.91. The van der Waals surface area contributed by atoms with Crippen molar-refractivity contribution in [3.63, 3.8) is 0 Å². The van der Waals surface area contributed by atoms with Gasteiger partial charge in [-0.05, 0) is 45.7 Å². The molecule has 3 heterocycles. The van der Waals surface area contributed by atoms with E-state index in [-0.39, 0.29) is 30.1 Å². The fraction of sp³-hybridized carbons (Fsp3) is 0.538. The van der Waals surface area contributed by atoms with Crippen LogP contribution in [0.2, 0.25) is 0 Å². The van der Waals surface area contributed by atoms with Gasteiger partial charge in [0.15, 0.2) is 5.82 Å². The first-order chi connectivity index (χ1) is 16.8. The molecule has 2 aliphatic heterocycles. The van der Waals surface area contributed by atoms with E-state index in [2.05, 4.69) is 20.4 Å². The number of ether oxygens (including phenoxy) is 1. The number of carbonyl (C=O) groups is 2. The molecule has 0 bridgehead atoms. The number of nitrogens with zero attached hydrogens (tertiary/aromatic N) is 5. The van der Waals surface area contributed by atoms with Crippen molar-refractivity contribution in [2.75, 3.05) is 50.8 Å². The average molecular weight is 481 g/mol. The lowest BCUT2D eigenvalue weighted by molar-refractivity contribution is -0.132. The molecular weight excluding hydrogens is 444 g/mol. The first kappa shape index (κ1) is 24.9. The summed E-state index contributed by atoms with van der Waals surface area (Å²) < 4.78 is 5.72. The Kier molecular flexibility index (Phi) is 7.85. The van der Waals surface area contributed by atoms with E-state index in [1.807, 2.05) is 68.1 Å². The number of hydrogen-bond acceptors (Lipinski definition) is 6. The van der Waals surface area contributed by atoms with Crippen molar-refractivity contribution in [1.82, 2.24) is 25.3 Å². The number of carbonyl (C=O) groups excluding carboxylic acids is 2. The van der Waals surface area contributed by atoms with Gasteiger partial charge in [0, 0.05) is 50.4 Å². The van der Waals surface area contributed by atoms with Crippen LogP contribution in [0.15, 0.2) is 42.5 Å². The second-order valence-corrected chi connectivity index (χ2v) is 10.2. The van der Waals surface area contributed by atoms with Gasteiger partial charge >= 0.3 is 6.03 Å². The third-order valence-corrected chi connectivity index (χ3v) is 6.22. The van der Waals surface area contributed by atoms with Gasteiger partial charge in [0.25, 0.3) is 0 Å². The second-order valence-electron chi connectivity index (χ2n) is 10.2. The van der Waals surface area contributed by atoms with Crippen LogP contribution in [0.4, 0.5) is 10.6 Å². The Bertz CT molecular complexity index is 978. The van der Waals surface area contributed by atoms with Crippen molar-refractivity contribution < 1.29 is 14.3 Å². The first-order valence-corrected chi connectivity index (χ1v) is 12.4. The molecule has 2 fully saturated rings. The van der Waals surface area contributed by atoms with Gasteiger partial charge in [-0.15, -0.1) is 10.2 Å². The molecule has 1 aromatic carbocycles. The highest BCUT2D eigenvalue weighted by molar-refractivity contribution is 5.84. The van der Waals surface area contributed by atoms with Crippen LogP contribution < -0.4 is 10.2 Å². The zero-order valence-electron chi connectivity index (χ0n) is 20.9. The number of urea groups is 1. The number of benzene rings is 1. The summed E-state index contributed by atoms with van der Waals surface area (Å²) in [5, 5.41) is 11.8. The first-order valence-electron chi connectivity index (χ1n) is 12.4. The number of anilines is 1. The van der Waals surface area contributed by atoms with Crippen molar-refractivity contribution in [3.05, 3.63) is 42.5 Å². The Morgan fingerprint density at radius 3 is 2.40 bits per heavy atom. The van der Waals surface area contributed by atoms with Gasteiger partial charge in [0.1, 0.15) is 6.54 Å². The van der Waals surface area contributed by atoms with Crippen molar-refractivity contribution in [3.8, 4) is 11.3 Å². The zero-order chi connectivity index (χ0) is 24.8. The molecule has 35 heavy (non-hydrogen) atoms. The summed E-state index contributed by atoms with van der Waals surface area (Å²) in [6, 6.07) is 13.7. The van der Waals surface area contributed by atoms with Crippen LogP contribution in [0, 0.1) is 0 Å². The minimum absolute atomic E-state index is 0.0113. The zero-order valence-corrected chi connectivity index (χ0v) is 20.9. The van der Waals surface area contributed by atoms with Crippen LogP contribution in [-0.2, 0) is 9.53 Å². The molecule has 188 valence electrons. The van der Waals surface area contributed by atoms with Gasteiger partial charge in [-0.25, -0.2) is 4.79 Å². The van der Waals surface area contributed by atoms with Gasteiger partial charge in [0.05, 0.1) is 11.8 Å². The van der Waals surface area contributed by atoms with Crippen LogP contribution in [0.3, 0.4) is 0 Å². The fourth-order valence-electron chi connectivity index (χ4n) is 4.36. The lowest BCUT2D eigenvalue weighted by Crippen LogP contribution is -2.55. The van der Waals surface area contributed by atoms with Crippen LogP contribution >= 0.6 is 0 Å². The van der Waals surface area contributed by atoms with Gasteiger partial charge in [-0.2, -0.15) is 0 Å². The van der Waals surface area contributed by atoms with Crippen LogP contribution in [0.25, 0.3) is 11.3 Å². The van der Waals surface area contributed by atoms with Gasteiger partial charge in [0.2, 0.25) is 5.91 Å². The highest BCUT2D eigenvalue weighted by Crippen LogP contribution is 2.19. The molecular formula is C26H36N6O3. The smallest absolute Gasteiger partial charge is 0.318 e. The highest BCUT2D eigenvalue weighted by atomic mass is 16.5. The van der Waals surface area contributed by atoms with Crippen LogP contribution in [0.1, 0.15) is 33.6 Å². The van der Waals surface area contributed by atoms with E-state index in [0.29, 0.717) is 39.3 Å². The minimum Gasteiger partial charge on any atom is -0.376 e. The fourth-order valence-corrected chi connectivity index (χ4v) is 4.36. The lowest BCUT2D eigenvalue weighted by Gasteiger charge is -2.37. The Morgan fingerprint density at radius 1 is 1.06 bits per heavy atom. The molecule has 3 amide bonds. The molecule has 2 saturated heterocycles. The topological polar surface area (TPSA) is 90.9 Å².